The van der Waals surface area contributed by atoms with Gasteiger partial charge >= 0.3 is 5.97 Å². The number of hydrogen-bond donors (Lipinski definition) is 1. The average Bonchev–Trinajstić information content (AvgIpc) is 2.63. The van der Waals surface area contributed by atoms with Crippen LogP contribution in [0.2, 0.25) is 0 Å². The number of nitrogens with one attached hydrogen (secondary N) is 1. The van der Waals surface area contributed by atoms with Gasteiger partial charge in [0.25, 0.3) is 5.56 Å². The molecule has 0 aliphatic heterocycles. The summed E-state index contributed by atoms with van der Waals surface area (Å²) in [5, 5.41) is 3.52. The Morgan fingerprint density at radius 1 is 1.36 bits per heavy atom. The van der Waals surface area contributed by atoms with Crippen molar-refractivity contribution in [2.24, 2.45) is 0 Å². The minimum atomic E-state index is -0.515. The summed E-state index contributed by atoms with van der Waals surface area (Å²) < 4.78 is 6.10. The third kappa shape index (κ3) is 4.60. The third-order valence-corrected chi connectivity index (χ3v) is 4.75. The predicted octanol–water partition coefficient (Wildman–Crippen LogP) is 1.75. The summed E-state index contributed by atoms with van der Waals surface area (Å²) in [6, 6.07) is 7.12. The fourth-order valence-electron chi connectivity index (χ4n) is 2.22. The molecule has 0 saturated carbocycles. The Kier molecular flexibility index (Phi) is 6.58. The number of ether oxygens (including phenoxy) is 1. The molecular formula is C17H21N3O4S. The third-order valence-electron chi connectivity index (χ3n) is 3.80. The van der Waals surface area contributed by atoms with Crippen molar-refractivity contribution in [1.29, 1.82) is 0 Å². The van der Waals surface area contributed by atoms with Gasteiger partial charge in [-0.05, 0) is 25.5 Å². The standard InChI is InChI=1S/C17H21N3O4S/c1-4-11(2)20-16(23)12-7-5-6-8-13(12)19-17(20)25-10-14(21)18-9-15(22)24-3/h5-8,11H,4,9-10H2,1-3H3,(H,18,21)/t11-/m1/s1. The van der Waals surface area contributed by atoms with Crippen molar-refractivity contribution in [2.75, 3.05) is 19.4 Å². The van der Waals surface area contributed by atoms with Gasteiger partial charge < -0.3 is 10.1 Å². The molecule has 2 aromatic rings. The number of nitrogens with zero attached hydrogens (tertiary/aromatic N) is 2. The van der Waals surface area contributed by atoms with E-state index in [1.807, 2.05) is 19.9 Å². The van der Waals surface area contributed by atoms with Crippen molar-refractivity contribution in [1.82, 2.24) is 14.9 Å². The van der Waals surface area contributed by atoms with Crippen LogP contribution in [0, 0.1) is 0 Å². The van der Waals surface area contributed by atoms with Crippen LogP contribution in [0.4, 0.5) is 0 Å². The van der Waals surface area contributed by atoms with Gasteiger partial charge in [0.05, 0.1) is 23.8 Å². The molecule has 0 bridgehead atoms. The summed E-state index contributed by atoms with van der Waals surface area (Å²) in [5.74, 6) is -0.787. The first kappa shape index (κ1) is 19.0. The number of fused-ring (bicyclic) bond motifs is 1. The lowest BCUT2D eigenvalue weighted by atomic mass is 10.2. The van der Waals surface area contributed by atoms with E-state index in [1.165, 1.54) is 18.9 Å². The van der Waals surface area contributed by atoms with E-state index in [2.05, 4.69) is 15.0 Å². The maximum absolute atomic E-state index is 12.8. The Hall–Kier alpha value is -2.35. The topological polar surface area (TPSA) is 90.3 Å². The highest BCUT2D eigenvalue weighted by Gasteiger charge is 2.16. The van der Waals surface area contributed by atoms with E-state index in [-0.39, 0.29) is 29.8 Å². The zero-order chi connectivity index (χ0) is 18.4. The van der Waals surface area contributed by atoms with E-state index in [0.717, 1.165) is 6.42 Å². The number of hydrogen-bond acceptors (Lipinski definition) is 6. The van der Waals surface area contributed by atoms with Crippen molar-refractivity contribution in [2.45, 2.75) is 31.5 Å². The summed E-state index contributed by atoms with van der Waals surface area (Å²) >= 11 is 1.17. The molecule has 0 spiro atoms. The lowest BCUT2D eigenvalue weighted by molar-refractivity contribution is -0.140. The number of esters is 1. The lowest BCUT2D eigenvalue weighted by Crippen LogP contribution is -2.32. The lowest BCUT2D eigenvalue weighted by Gasteiger charge is -2.18. The Morgan fingerprint density at radius 3 is 2.76 bits per heavy atom. The molecule has 0 radical (unpaired) electrons. The first-order chi connectivity index (χ1) is 12.0. The zero-order valence-corrected chi connectivity index (χ0v) is 15.3. The number of methoxy groups -OCH3 is 1. The van der Waals surface area contributed by atoms with Crippen LogP contribution in [-0.2, 0) is 14.3 Å². The smallest absolute Gasteiger partial charge is 0.325 e. The van der Waals surface area contributed by atoms with Crippen LogP contribution in [-0.4, -0.2) is 40.8 Å². The highest BCUT2D eigenvalue weighted by molar-refractivity contribution is 7.99. The summed E-state index contributed by atoms with van der Waals surface area (Å²) in [7, 11) is 1.26. The maximum atomic E-state index is 12.8. The van der Waals surface area contributed by atoms with Gasteiger partial charge in [-0.1, -0.05) is 30.8 Å². The van der Waals surface area contributed by atoms with E-state index < -0.39 is 5.97 Å². The fourth-order valence-corrected chi connectivity index (χ4v) is 3.15. The van der Waals surface area contributed by atoms with Crippen LogP contribution in [0.15, 0.2) is 34.2 Å². The number of rotatable bonds is 7. The summed E-state index contributed by atoms with van der Waals surface area (Å²) in [6.07, 6.45) is 0.766. The van der Waals surface area contributed by atoms with E-state index in [1.54, 1.807) is 22.8 Å². The Morgan fingerprint density at radius 2 is 2.08 bits per heavy atom. The van der Waals surface area contributed by atoms with Crippen LogP contribution in [0.3, 0.4) is 0 Å². The van der Waals surface area contributed by atoms with Gasteiger partial charge in [0, 0.05) is 6.04 Å². The number of aromatic nitrogens is 2. The molecule has 0 fully saturated rings. The molecule has 2 rings (SSSR count). The van der Waals surface area contributed by atoms with Gasteiger partial charge in [-0.25, -0.2) is 4.98 Å². The van der Waals surface area contributed by atoms with Crippen molar-refractivity contribution < 1.29 is 14.3 Å². The number of carbonyl (C=O) groups excluding carboxylic acids is 2. The van der Waals surface area contributed by atoms with E-state index in [4.69, 9.17) is 0 Å². The number of benzene rings is 1. The molecule has 0 unspecified atom stereocenters. The van der Waals surface area contributed by atoms with Crippen molar-refractivity contribution in [3.8, 4) is 0 Å². The number of carbonyl (C=O) groups is 2. The Labute approximate surface area is 149 Å². The first-order valence-corrected chi connectivity index (χ1v) is 8.94. The van der Waals surface area contributed by atoms with E-state index in [9.17, 15) is 14.4 Å². The van der Waals surface area contributed by atoms with Gasteiger partial charge in [-0.15, -0.1) is 0 Å². The molecular weight excluding hydrogens is 342 g/mol. The average molecular weight is 363 g/mol. The van der Waals surface area contributed by atoms with Gasteiger partial charge in [-0.3, -0.25) is 19.0 Å². The zero-order valence-electron chi connectivity index (χ0n) is 14.4. The molecule has 25 heavy (non-hydrogen) atoms. The quantitative estimate of drug-likeness (QED) is 0.458. The van der Waals surface area contributed by atoms with Crippen molar-refractivity contribution in [3.63, 3.8) is 0 Å². The largest absolute Gasteiger partial charge is 0.468 e. The summed E-state index contributed by atoms with van der Waals surface area (Å²) in [6.45, 7) is 3.75. The molecule has 0 saturated heterocycles. The van der Waals surface area contributed by atoms with E-state index in [0.29, 0.717) is 16.1 Å². The summed E-state index contributed by atoms with van der Waals surface area (Å²) in [5.41, 5.74) is 0.488. The predicted molar refractivity (Wildman–Crippen MR) is 96.8 cm³/mol. The Balaban J connectivity index is 2.25. The molecule has 7 nitrogen and oxygen atoms in total. The SMILES string of the molecule is CC[C@@H](C)n1c(SCC(=O)NCC(=O)OC)nc2ccccc2c1=O. The minimum Gasteiger partial charge on any atom is -0.468 e. The molecule has 0 aliphatic carbocycles. The van der Waals surface area contributed by atoms with Crippen LogP contribution >= 0.6 is 11.8 Å². The molecule has 134 valence electrons. The summed E-state index contributed by atoms with van der Waals surface area (Å²) in [4.78, 5) is 40.3. The second-order valence-electron chi connectivity index (χ2n) is 5.49. The molecule has 0 aliphatic rings. The Bertz CT molecular complexity index is 834. The highest BCUT2D eigenvalue weighted by Crippen LogP contribution is 2.22. The first-order valence-electron chi connectivity index (χ1n) is 7.95. The fraction of sp³-hybridized carbons (Fsp3) is 0.412. The molecule has 1 atom stereocenters. The normalized spacial score (nSPS) is 12.0. The van der Waals surface area contributed by atoms with Gasteiger partial charge in [0.2, 0.25) is 5.91 Å². The minimum absolute atomic E-state index is 0.0368. The van der Waals surface area contributed by atoms with Crippen LogP contribution in [0.1, 0.15) is 26.3 Å². The molecule has 8 heteroatoms. The molecule has 1 N–H and O–H groups in total. The van der Waals surface area contributed by atoms with Crippen LogP contribution in [0.25, 0.3) is 10.9 Å². The second kappa shape index (κ2) is 8.66. The second-order valence-corrected chi connectivity index (χ2v) is 6.43. The molecule has 1 aromatic heterocycles. The molecule has 1 aromatic carbocycles. The van der Waals surface area contributed by atoms with Crippen molar-refractivity contribution >= 4 is 34.5 Å². The maximum Gasteiger partial charge on any atom is 0.325 e. The van der Waals surface area contributed by atoms with E-state index >= 15 is 0 Å². The number of para-hydroxylation sites is 1. The van der Waals surface area contributed by atoms with Crippen molar-refractivity contribution in [3.05, 3.63) is 34.6 Å². The van der Waals surface area contributed by atoms with Gasteiger partial charge in [0.1, 0.15) is 6.54 Å². The van der Waals surface area contributed by atoms with Gasteiger partial charge in [-0.2, -0.15) is 0 Å². The van der Waals surface area contributed by atoms with Crippen LogP contribution < -0.4 is 10.9 Å². The molecule has 1 heterocycles. The van der Waals surface area contributed by atoms with Gasteiger partial charge in [0.15, 0.2) is 5.16 Å². The number of thioether (sulfide) groups is 1. The molecule has 1 amide bonds. The monoisotopic (exact) mass is 363 g/mol. The highest BCUT2D eigenvalue weighted by atomic mass is 32.2. The van der Waals surface area contributed by atoms with Crippen LogP contribution in [0.5, 0.6) is 0 Å². The number of amides is 1.